The zero-order chi connectivity index (χ0) is 56.4. The fraction of sp³-hybridized carbons (Fsp3) is 0.154. The normalized spacial score (nSPS) is 12.8. The lowest BCUT2D eigenvalue weighted by Gasteiger charge is -2.31. The number of benzene rings is 17. The second-order valence-electron chi connectivity index (χ2n) is 25.2. The zero-order valence-electron chi connectivity index (χ0n) is 48.2. The molecule has 0 aliphatic carbocycles. The van der Waals surface area contributed by atoms with Crippen molar-refractivity contribution < 1.29 is 20.4 Å². The Labute approximate surface area is 473 Å². The average Bonchev–Trinajstić information content (AvgIpc) is 0.666. The van der Waals surface area contributed by atoms with E-state index in [0.717, 1.165) is 174 Å². The minimum Gasteiger partial charge on any atom is -0.504 e. The number of phenolic OH excluding ortho intramolecular Hbond substituents is 4. The summed E-state index contributed by atoms with van der Waals surface area (Å²) in [5.74, 6) is -0.576. The first-order valence-corrected chi connectivity index (χ1v) is 28.8. The molecule has 0 aliphatic heterocycles. The maximum atomic E-state index is 13.0. The monoisotopic (exact) mass is 1060 g/mol. The van der Waals surface area contributed by atoms with Crippen LogP contribution in [0.25, 0.3) is 174 Å². The number of aryl methyl sites for hydroxylation is 12. The van der Waals surface area contributed by atoms with Crippen LogP contribution in [0.4, 0.5) is 0 Å². The van der Waals surface area contributed by atoms with Crippen molar-refractivity contribution in [2.45, 2.75) is 83.1 Å². The number of rotatable bonds is 4. The van der Waals surface area contributed by atoms with Crippen molar-refractivity contribution in [2.24, 2.45) is 0 Å². The van der Waals surface area contributed by atoms with Gasteiger partial charge in [0, 0.05) is 32.3 Å². The highest BCUT2D eigenvalue weighted by atomic mass is 16.3. The Morgan fingerprint density at radius 1 is 0.183 bits per heavy atom. The van der Waals surface area contributed by atoms with Crippen molar-refractivity contribution in [3.05, 3.63) is 176 Å². The molecule has 17 aromatic rings. The van der Waals surface area contributed by atoms with Gasteiger partial charge >= 0.3 is 0 Å². The number of aromatic hydroxyl groups is 4. The maximum absolute atomic E-state index is 13.0. The molecule has 0 aromatic heterocycles. The minimum absolute atomic E-state index is 0.130. The van der Waals surface area contributed by atoms with Crippen LogP contribution in [0, 0.1) is 83.1 Å². The molecule has 17 aromatic carbocycles. The van der Waals surface area contributed by atoms with Gasteiger partial charge in [-0.05, 0) is 330 Å². The van der Waals surface area contributed by atoms with Gasteiger partial charge in [-0.15, -0.1) is 0 Å². The largest absolute Gasteiger partial charge is 0.504 e. The second kappa shape index (κ2) is 15.3. The highest BCUT2D eigenvalue weighted by Gasteiger charge is 2.35. The first kappa shape index (κ1) is 47.4. The van der Waals surface area contributed by atoms with Crippen molar-refractivity contribution in [1.29, 1.82) is 0 Å². The number of hydrogen-bond acceptors (Lipinski definition) is 4. The summed E-state index contributed by atoms with van der Waals surface area (Å²) in [4.78, 5) is 0. The quantitative estimate of drug-likeness (QED) is 0.0804. The first-order chi connectivity index (χ1) is 39.3. The van der Waals surface area contributed by atoms with E-state index in [4.69, 9.17) is 0 Å². The molecule has 0 unspecified atom stereocenters. The van der Waals surface area contributed by atoms with Crippen molar-refractivity contribution in [1.82, 2.24) is 0 Å². The van der Waals surface area contributed by atoms with Crippen LogP contribution >= 0.6 is 0 Å². The van der Waals surface area contributed by atoms with E-state index in [1.54, 1.807) is 0 Å². The fourth-order valence-electron chi connectivity index (χ4n) is 17.5. The second-order valence-corrected chi connectivity index (χ2v) is 25.2. The average molecular weight is 1060 g/mol. The van der Waals surface area contributed by atoms with Crippen LogP contribution in [-0.2, 0) is 0 Å². The Kier molecular flexibility index (Phi) is 8.87. The van der Waals surface area contributed by atoms with Gasteiger partial charge in [0.15, 0.2) is 23.0 Å². The van der Waals surface area contributed by atoms with Crippen LogP contribution in [0.3, 0.4) is 0 Å². The van der Waals surface area contributed by atoms with Crippen molar-refractivity contribution in [3.63, 3.8) is 0 Å². The minimum atomic E-state index is -0.158. The van der Waals surface area contributed by atoms with E-state index in [2.05, 4.69) is 180 Å². The third-order valence-corrected chi connectivity index (χ3v) is 19.7. The molecule has 4 heteroatoms. The summed E-state index contributed by atoms with van der Waals surface area (Å²) < 4.78 is 0. The molecule has 0 aliphatic rings. The molecule has 4 N–H and O–H groups in total. The van der Waals surface area contributed by atoms with Crippen LogP contribution < -0.4 is 0 Å². The number of hydrogen-bond donors (Lipinski definition) is 4. The molecule has 0 atom stereocenters. The topological polar surface area (TPSA) is 80.9 Å². The highest BCUT2D eigenvalue weighted by molar-refractivity contribution is 6.62. The number of fused-ring (bicyclic) bond motifs is 6. The molecule has 0 fully saturated rings. The summed E-state index contributed by atoms with van der Waals surface area (Å²) in [7, 11) is 0. The molecule has 394 valence electrons. The van der Waals surface area contributed by atoms with Crippen LogP contribution in [0.5, 0.6) is 23.0 Å². The molecule has 17 rings (SSSR count). The molecule has 0 heterocycles. The van der Waals surface area contributed by atoms with Gasteiger partial charge in [0.1, 0.15) is 0 Å². The first-order valence-electron chi connectivity index (χ1n) is 28.8. The SMILES string of the molecule is Cc1cc(C)c(-c2cc3c4cc(-c5c(C)cc(C)cc5C)cc5c6cc(O)c(O)c7c8cc(-c9c(C)cc(C)cc9C)cc9c%10cc(-c%11c(C)cc(C)cc%11C)cc%11c%12c(O)c(O)cc%13c(c2)c3c2c(c45)c(c67)c(c98)c(c%10%11)c2c%13%12)c(C)c1. The van der Waals surface area contributed by atoms with Crippen molar-refractivity contribution >= 4 is 129 Å². The summed E-state index contributed by atoms with van der Waals surface area (Å²) in [5.41, 5.74) is 23.0. The predicted octanol–water partition coefficient (Wildman–Crippen LogP) is 21.3. The lowest BCUT2D eigenvalue weighted by Crippen LogP contribution is -2.02. The number of phenols is 4. The third-order valence-electron chi connectivity index (χ3n) is 19.7. The van der Waals surface area contributed by atoms with E-state index in [1.807, 2.05) is 12.1 Å². The Balaban J connectivity index is 1.24. The van der Waals surface area contributed by atoms with Crippen molar-refractivity contribution in [3.8, 4) is 67.5 Å². The zero-order valence-corrected chi connectivity index (χ0v) is 48.2. The van der Waals surface area contributed by atoms with Crippen molar-refractivity contribution in [2.75, 3.05) is 0 Å². The summed E-state index contributed by atoms with van der Waals surface area (Å²) >= 11 is 0. The van der Waals surface area contributed by atoms with Crippen LogP contribution in [-0.4, -0.2) is 20.4 Å². The summed E-state index contributed by atoms with van der Waals surface area (Å²) in [5, 5.41) is 74.7. The third kappa shape index (κ3) is 5.63. The molecular weight excluding hydrogens is 1000 g/mol. The van der Waals surface area contributed by atoms with Crippen LogP contribution in [0.1, 0.15) is 66.8 Å². The fourth-order valence-corrected chi connectivity index (χ4v) is 17.5. The molecule has 4 nitrogen and oxygen atoms in total. The summed E-state index contributed by atoms with van der Waals surface area (Å²) in [6, 6.07) is 40.6. The molecule has 82 heavy (non-hydrogen) atoms. The lowest BCUT2D eigenvalue weighted by molar-refractivity contribution is 0.409. The van der Waals surface area contributed by atoms with E-state index in [9.17, 15) is 20.4 Å². The van der Waals surface area contributed by atoms with E-state index < -0.39 is 0 Å². The lowest BCUT2D eigenvalue weighted by atomic mass is 9.72. The van der Waals surface area contributed by atoms with Gasteiger partial charge in [0.25, 0.3) is 0 Å². The van der Waals surface area contributed by atoms with E-state index >= 15 is 0 Å². The predicted molar refractivity (Wildman–Crippen MR) is 349 cm³/mol. The maximum Gasteiger partial charge on any atom is 0.166 e. The van der Waals surface area contributed by atoms with E-state index in [1.165, 1.54) is 55.6 Å². The van der Waals surface area contributed by atoms with Gasteiger partial charge in [-0.2, -0.15) is 0 Å². The Bertz CT molecular complexity index is 5320. The Morgan fingerprint density at radius 2 is 0.366 bits per heavy atom. The molecular formula is C78H58O4. The molecule has 0 saturated heterocycles. The van der Waals surface area contributed by atoms with Crippen LogP contribution in [0.2, 0.25) is 0 Å². The van der Waals surface area contributed by atoms with Gasteiger partial charge < -0.3 is 20.4 Å². The van der Waals surface area contributed by atoms with Gasteiger partial charge in [-0.25, -0.2) is 0 Å². The molecule has 0 spiro atoms. The highest BCUT2D eigenvalue weighted by Crippen LogP contribution is 2.64. The molecule has 0 amide bonds. The van der Waals surface area contributed by atoms with Gasteiger partial charge in [-0.3, -0.25) is 0 Å². The van der Waals surface area contributed by atoms with Gasteiger partial charge in [0.05, 0.1) is 0 Å². The summed E-state index contributed by atoms with van der Waals surface area (Å²) in [6.07, 6.45) is 0. The Morgan fingerprint density at radius 3 is 0.598 bits per heavy atom. The van der Waals surface area contributed by atoms with E-state index in [0.29, 0.717) is 10.8 Å². The molecule has 0 radical (unpaired) electrons. The van der Waals surface area contributed by atoms with Crippen LogP contribution in [0.15, 0.2) is 109 Å². The Hall–Kier alpha value is -9.38. The standard InChI is InChI=1S/C78H58O4/c1-31-13-35(5)59(36(6)14-31)43-21-47-48-22-44(60-37(7)15-32(2)16-38(60)8)24-52-54-30-58(80)78(82)70-56-28-46(62-41(11)19-34(4)20-42(62)12)26-50-49-25-45(61-39(9)17-33(3)18-40(61)10)27-55-65(49)73-74(66(50)56)76(68(54)70)72(64(48)52)71-63(47)51(23-43)53-29-57(79)77(81)69(55)67(53)75(71)73/h13-30,79-82H,1-12H3. The molecule has 0 saturated carbocycles. The van der Waals surface area contributed by atoms with Gasteiger partial charge in [0.2, 0.25) is 0 Å². The van der Waals surface area contributed by atoms with Gasteiger partial charge in [-0.1, -0.05) is 70.8 Å². The smallest absolute Gasteiger partial charge is 0.166 e. The van der Waals surface area contributed by atoms with E-state index in [-0.39, 0.29) is 23.0 Å². The molecule has 0 bridgehead atoms. The summed E-state index contributed by atoms with van der Waals surface area (Å²) in [6.45, 7) is 26.2.